The molecule has 48 heavy (non-hydrogen) atoms. The number of hydrogen-bond acceptors (Lipinski definition) is 13. The number of benzene rings is 3. The summed E-state index contributed by atoms with van der Waals surface area (Å²) < 4.78 is 29.3. The number of H-pyrrole nitrogens is 1. The van der Waals surface area contributed by atoms with E-state index in [1.165, 1.54) is 24.3 Å². The fraction of sp³-hybridized carbons (Fsp3) is 0.242. The summed E-state index contributed by atoms with van der Waals surface area (Å²) in [4.78, 5) is 66.7. The molecule has 0 bridgehead atoms. The molecule has 1 aliphatic rings. The third-order valence-electron chi connectivity index (χ3n) is 6.98. The average molecular weight is 675 g/mol. The molecule has 1 fully saturated rings. The number of anilines is 1. The average Bonchev–Trinajstić information content (AvgIpc) is 3.43. The summed E-state index contributed by atoms with van der Waals surface area (Å²) in [5.74, 6) is -3.23. The highest BCUT2D eigenvalue weighted by Gasteiger charge is 2.52. The lowest BCUT2D eigenvalue weighted by Crippen LogP contribution is -2.42. The molecule has 4 aromatic rings. The van der Waals surface area contributed by atoms with Crippen molar-refractivity contribution in [1.82, 2.24) is 14.8 Å². The lowest BCUT2D eigenvalue weighted by Gasteiger charge is -2.25. The number of hydrogen-bond donors (Lipinski definition) is 2. The summed E-state index contributed by atoms with van der Waals surface area (Å²) in [6.45, 7) is 0.917. The normalized spacial score (nSPS) is 18.4. The highest BCUT2D eigenvalue weighted by Crippen LogP contribution is 2.35. The second kappa shape index (κ2) is 15.8. The Hall–Kier alpha value is -5.67. The van der Waals surface area contributed by atoms with Crippen molar-refractivity contribution in [2.45, 2.75) is 31.5 Å². The van der Waals surface area contributed by atoms with Gasteiger partial charge in [-0.2, -0.15) is 0 Å². The predicted molar refractivity (Wildman–Crippen MR) is 171 cm³/mol. The number of carbonyl (C=O) groups excluding carboxylic acids is 4. The van der Waals surface area contributed by atoms with Gasteiger partial charge in [0.25, 0.3) is 5.56 Å². The SMILES string of the molecule is CCOC(=O)CNc1nn(C2OC(COC(=O)c3ccccc3)C(OC(=O)c3ccccc3)C2OC(=O)c2ccccc2)c(=S)[nH]c1=O. The molecule has 14 nitrogen and oxygen atoms in total. The van der Waals surface area contributed by atoms with Gasteiger partial charge in [0.05, 0.1) is 23.3 Å². The second-order valence-corrected chi connectivity index (χ2v) is 10.6. The topological polar surface area (TPSA) is 177 Å². The molecular formula is C33H30N4O10S. The zero-order chi connectivity index (χ0) is 34.0. The number of aromatic nitrogens is 3. The van der Waals surface area contributed by atoms with Crippen LogP contribution in [0.25, 0.3) is 0 Å². The molecular weight excluding hydrogens is 644 g/mol. The number of nitrogens with one attached hydrogen (secondary N) is 2. The van der Waals surface area contributed by atoms with Gasteiger partial charge in [-0.3, -0.25) is 14.6 Å². The Kier molecular flexibility index (Phi) is 11.1. The van der Waals surface area contributed by atoms with Crippen molar-refractivity contribution >= 4 is 41.9 Å². The molecule has 0 spiro atoms. The van der Waals surface area contributed by atoms with E-state index in [1.54, 1.807) is 73.7 Å². The Morgan fingerprint density at radius 1 is 0.812 bits per heavy atom. The molecule has 4 unspecified atom stereocenters. The number of aromatic amines is 1. The van der Waals surface area contributed by atoms with E-state index in [0.717, 1.165) is 4.68 Å². The van der Waals surface area contributed by atoms with Crippen LogP contribution in [0.3, 0.4) is 0 Å². The number of ether oxygens (including phenoxy) is 5. The van der Waals surface area contributed by atoms with Crippen molar-refractivity contribution in [2.75, 3.05) is 25.1 Å². The van der Waals surface area contributed by atoms with E-state index < -0.39 is 67.1 Å². The van der Waals surface area contributed by atoms with Gasteiger partial charge in [0, 0.05) is 0 Å². The highest BCUT2D eigenvalue weighted by atomic mass is 32.1. The minimum absolute atomic E-state index is 0.124. The van der Waals surface area contributed by atoms with Crippen molar-refractivity contribution in [1.29, 1.82) is 0 Å². The minimum Gasteiger partial charge on any atom is -0.465 e. The van der Waals surface area contributed by atoms with E-state index >= 15 is 0 Å². The molecule has 248 valence electrons. The Morgan fingerprint density at radius 3 is 1.88 bits per heavy atom. The van der Waals surface area contributed by atoms with E-state index in [1.807, 2.05) is 0 Å². The summed E-state index contributed by atoms with van der Waals surface area (Å²) >= 11 is 5.40. The summed E-state index contributed by atoms with van der Waals surface area (Å²) in [7, 11) is 0. The van der Waals surface area contributed by atoms with E-state index in [9.17, 15) is 24.0 Å². The Morgan fingerprint density at radius 2 is 1.33 bits per heavy atom. The van der Waals surface area contributed by atoms with Crippen molar-refractivity contribution in [3.05, 3.63) is 123 Å². The molecule has 0 saturated carbocycles. The Bertz CT molecular complexity index is 1870. The number of esters is 4. The molecule has 0 aliphatic carbocycles. The van der Waals surface area contributed by atoms with Gasteiger partial charge < -0.3 is 29.0 Å². The van der Waals surface area contributed by atoms with Crippen LogP contribution in [0.5, 0.6) is 0 Å². The first-order chi connectivity index (χ1) is 23.2. The maximum atomic E-state index is 13.4. The van der Waals surface area contributed by atoms with Crippen LogP contribution in [0.2, 0.25) is 0 Å². The molecule has 4 atom stereocenters. The maximum absolute atomic E-state index is 13.4. The van der Waals surface area contributed by atoms with Gasteiger partial charge in [0.2, 0.25) is 5.82 Å². The molecule has 1 aromatic heterocycles. The summed E-state index contributed by atoms with van der Waals surface area (Å²) in [6, 6.07) is 24.3. The molecule has 0 radical (unpaired) electrons. The highest BCUT2D eigenvalue weighted by molar-refractivity contribution is 7.71. The van der Waals surface area contributed by atoms with E-state index in [4.69, 9.17) is 35.9 Å². The van der Waals surface area contributed by atoms with Gasteiger partial charge in [-0.25, -0.2) is 19.1 Å². The van der Waals surface area contributed by atoms with Crippen LogP contribution in [0.15, 0.2) is 95.8 Å². The van der Waals surface area contributed by atoms with Crippen molar-refractivity contribution in [3.8, 4) is 0 Å². The monoisotopic (exact) mass is 674 g/mol. The number of rotatable bonds is 12. The van der Waals surface area contributed by atoms with Gasteiger partial charge in [0.15, 0.2) is 23.2 Å². The molecule has 1 aliphatic heterocycles. The van der Waals surface area contributed by atoms with Crippen molar-refractivity contribution < 1.29 is 42.9 Å². The summed E-state index contributed by atoms with van der Waals surface area (Å²) in [5.41, 5.74) is -0.118. The Balaban J connectivity index is 1.53. The van der Waals surface area contributed by atoms with Crippen molar-refractivity contribution in [2.24, 2.45) is 0 Å². The first kappa shape index (κ1) is 33.7. The molecule has 2 heterocycles. The predicted octanol–water partition coefficient (Wildman–Crippen LogP) is 3.48. The smallest absolute Gasteiger partial charge is 0.338 e. The first-order valence-corrected chi connectivity index (χ1v) is 15.2. The van der Waals surface area contributed by atoms with Crippen LogP contribution in [-0.2, 0) is 28.5 Å². The third-order valence-corrected chi connectivity index (χ3v) is 7.27. The zero-order valence-electron chi connectivity index (χ0n) is 25.5. The fourth-order valence-corrected chi connectivity index (χ4v) is 4.96. The van der Waals surface area contributed by atoms with Gasteiger partial charge in [-0.15, -0.1) is 5.10 Å². The largest absolute Gasteiger partial charge is 0.465 e. The lowest BCUT2D eigenvalue weighted by molar-refractivity contribution is -0.140. The van der Waals surface area contributed by atoms with Crippen LogP contribution >= 0.6 is 12.2 Å². The van der Waals surface area contributed by atoms with Gasteiger partial charge in [-0.05, 0) is 55.5 Å². The lowest BCUT2D eigenvalue weighted by atomic mass is 10.1. The second-order valence-electron chi connectivity index (χ2n) is 10.2. The molecule has 1 saturated heterocycles. The van der Waals surface area contributed by atoms with Crippen LogP contribution in [0.4, 0.5) is 5.82 Å². The third kappa shape index (κ3) is 8.18. The minimum atomic E-state index is -1.44. The van der Waals surface area contributed by atoms with Crippen LogP contribution in [-0.4, -0.2) is 76.7 Å². The number of nitrogens with zero attached hydrogens (tertiary/aromatic N) is 2. The quantitative estimate of drug-likeness (QED) is 0.127. The summed E-state index contributed by atoms with van der Waals surface area (Å²) in [5, 5.41) is 6.84. The number of carbonyl (C=O) groups is 4. The summed E-state index contributed by atoms with van der Waals surface area (Å²) in [6.07, 6.45) is -5.44. The molecule has 3 aromatic carbocycles. The van der Waals surface area contributed by atoms with Crippen LogP contribution in [0, 0.1) is 4.77 Å². The van der Waals surface area contributed by atoms with Gasteiger partial charge >= 0.3 is 23.9 Å². The fourth-order valence-electron chi connectivity index (χ4n) is 4.72. The molecule has 5 rings (SSSR count). The van der Waals surface area contributed by atoms with E-state index in [2.05, 4.69) is 15.4 Å². The van der Waals surface area contributed by atoms with Gasteiger partial charge in [-0.1, -0.05) is 54.6 Å². The van der Waals surface area contributed by atoms with Crippen LogP contribution < -0.4 is 10.9 Å². The van der Waals surface area contributed by atoms with Crippen LogP contribution in [0.1, 0.15) is 44.2 Å². The van der Waals surface area contributed by atoms with E-state index in [0.29, 0.717) is 0 Å². The first-order valence-electron chi connectivity index (χ1n) is 14.8. The van der Waals surface area contributed by atoms with Crippen molar-refractivity contribution in [3.63, 3.8) is 0 Å². The Labute approximate surface area is 278 Å². The standard InChI is InChI=1S/C33H30N4O10S/c1-2-43-24(38)18-34-27-28(39)35-33(48)37(36-27)29-26(47-32(42)22-16-10-5-11-17-22)25(46-31(41)21-14-8-4-9-15-21)23(45-29)19-44-30(40)20-12-6-3-7-13-20/h3-17,23,25-26,29H,2,18-19H2,1H3,(H,34,36)(H,35,39,48). The molecule has 0 amide bonds. The van der Waals surface area contributed by atoms with E-state index in [-0.39, 0.29) is 33.9 Å². The zero-order valence-corrected chi connectivity index (χ0v) is 26.3. The molecule has 15 heteroatoms. The molecule has 2 N–H and O–H groups in total. The van der Waals surface area contributed by atoms with Gasteiger partial charge in [0.1, 0.15) is 19.3 Å². The maximum Gasteiger partial charge on any atom is 0.338 e.